The first kappa shape index (κ1) is 14.9. The molecule has 0 atom stereocenters. The Balaban J connectivity index is 1.87. The summed E-state index contributed by atoms with van der Waals surface area (Å²) in [6.45, 7) is 0.304. The molecule has 0 heterocycles. The Morgan fingerprint density at radius 3 is 2.59 bits per heavy atom. The van der Waals surface area contributed by atoms with Gasteiger partial charge in [0, 0.05) is 19.0 Å². The zero-order valence-corrected chi connectivity index (χ0v) is 12.7. The molecule has 0 unspecified atom stereocenters. The van der Waals surface area contributed by atoms with E-state index < -0.39 is 5.60 Å². The molecular formula is C18H21NO3. The fourth-order valence-corrected chi connectivity index (χ4v) is 3.34. The van der Waals surface area contributed by atoms with Crippen molar-refractivity contribution in [1.29, 1.82) is 0 Å². The van der Waals surface area contributed by atoms with Crippen molar-refractivity contribution in [2.75, 3.05) is 13.6 Å². The van der Waals surface area contributed by atoms with Gasteiger partial charge in [-0.05, 0) is 24.3 Å². The van der Waals surface area contributed by atoms with Crippen LogP contribution in [0.2, 0.25) is 0 Å². The predicted molar refractivity (Wildman–Crippen MR) is 86.0 cm³/mol. The van der Waals surface area contributed by atoms with Crippen molar-refractivity contribution >= 4 is 16.7 Å². The first-order chi connectivity index (χ1) is 10.5. The fraction of sp³-hybridized carbons (Fsp3) is 0.389. The van der Waals surface area contributed by atoms with Crippen LogP contribution < -0.4 is 0 Å². The summed E-state index contributed by atoms with van der Waals surface area (Å²) in [6, 6.07) is 10.9. The molecule has 2 N–H and O–H groups in total. The second-order valence-corrected chi connectivity index (χ2v) is 6.28. The molecule has 1 fully saturated rings. The van der Waals surface area contributed by atoms with Crippen molar-refractivity contribution in [3.8, 4) is 5.75 Å². The second kappa shape index (κ2) is 5.61. The number of carbonyl (C=O) groups excluding carboxylic acids is 1. The second-order valence-electron chi connectivity index (χ2n) is 6.28. The average molecular weight is 299 g/mol. The lowest BCUT2D eigenvalue weighted by Gasteiger charge is -2.28. The van der Waals surface area contributed by atoms with Gasteiger partial charge in [-0.15, -0.1) is 0 Å². The highest BCUT2D eigenvalue weighted by molar-refractivity contribution is 6.03. The maximum absolute atomic E-state index is 12.6. The third-order valence-corrected chi connectivity index (χ3v) is 4.54. The Bertz CT molecular complexity index is 705. The number of rotatable bonds is 3. The van der Waals surface area contributed by atoms with Gasteiger partial charge < -0.3 is 15.1 Å². The van der Waals surface area contributed by atoms with E-state index in [0.717, 1.165) is 31.1 Å². The maximum Gasteiger partial charge on any atom is 0.257 e. The Kier molecular flexibility index (Phi) is 3.79. The molecule has 0 radical (unpaired) electrons. The Morgan fingerprint density at radius 2 is 1.86 bits per heavy atom. The number of benzene rings is 2. The number of carbonyl (C=O) groups is 1. The van der Waals surface area contributed by atoms with E-state index in [1.165, 1.54) is 4.90 Å². The first-order valence-electron chi connectivity index (χ1n) is 7.69. The van der Waals surface area contributed by atoms with E-state index in [9.17, 15) is 15.0 Å². The van der Waals surface area contributed by atoms with Crippen LogP contribution in [-0.2, 0) is 0 Å². The summed E-state index contributed by atoms with van der Waals surface area (Å²) in [5.74, 6) is -0.253. The standard InChI is InChI=1S/C18H21NO3/c1-19(12-18(22)10-4-5-11-18)17(21)15-9-8-13-6-2-3-7-14(13)16(15)20/h2-3,6-9,20,22H,4-5,10-12H2,1H3. The number of phenolic OH excluding ortho intramolecular Hbond substituents is 1. The van der Waals surface area contributed by atoms with Gasteiger partial charge in [-0.25, -0.2) is 0 Å². The lowest BCUT2D eigenvalue weighted by Crippen LogP contribution is -2.42. The third kappa shape index (κ3) is 2.66. The summed E-state index contributed by atoms with van der Waals surface area (Å²) in [4.78, 5) is 14.1. The van der Waals surface area contributed by atoms with Gasteiger partial charge >= 0.3 is 0 Å². The summed E-state index contributed by atoms with van der Waals surface area (Å²) in [6.07, 6.45) is 3.46. The molecule has 1 aliphatic carbocycles. The van der Waals surface area contributed by atoms with Crippen molar-refractivity contribution in [2.45, 2.75) is 31.3 Å². The normalized spacial score (nSPS) is 16.8. The average Bonchev–Trinajstić information content (AvgIpc) is 2.93. The van der Waals surface area contributed by atoms with Crippen LogP contribution in [0.15, 0.2) is 36.4 Å². The largest absolute Gasteiger partial charge is 0.506 e. The highest BCUT2D eigenvalue weighted by Gasteiger charge is 2.34. The molecule has 0 saturated heterocycles. The number of amides is 1. The monoisotopic (exact) mass is 299 g/mol. The topological polar surface area (TPSA) is 60.8 Å². The predicted octanol–water partition coefficient (Wildman–Crippen LogP) is 2.92. The summed E-state index contributed by atoms with van der Waals surface area (Å²) < 4.78 is 0. The number of aliphatic hydroxyl groups is 1. The van der Waals surface area contributed by atoms with E-state index in [-0.39, 0.29) is 17.2 Å². The minimum Gasteiger partial charge on any atom is -0.506 e. The molecule has 4 nitrogen and oxygen atoms in total. The summed E-state index contributed by atoms with van der Waals surface area (Å²) in [5.41, 5.74) is -0.501. The van der Waals surface area contributed by atoms with E-state index in [2.05, 4.69) is 0 Å². The molecular weight excluding hydrogens is 278 g/mol. The van der Waals surface area contributed by atoms with Crippen molar-refractivity contribution in [2.24, 2.45) is 0 Å². The van der Waals surface area contributed by atoms with Crippen molar-refractivity contribution in [1.82, 2.24) is 4.90 Å². The van der Waals surface area contributed by atoms with Crippen LogP contribution in [0.25, 0.3) is 10.8 Å². The van der Waals surface area contributed by atoms with E-state index in [1.807, 2.05) is 24.3 Å². The molecule has 0 aliphatic heterocycles. The van der Waals surface area contributed by atoms with Gasteiger partial charge in [0.05, 0.1) is 11.2 Å². The van der Waals surface area contributed by atoms with Crippen LogP contribution in [-0.4, -0.2) is 40.2 Å². The van der Waals surface area contributed by atoms with Gasteiger partial charge in [0.15, 0.2) is 0 Å². The molecule has 4 heteroatoms. The maximum atomic E-state index is 12.6. The molecule has 3 rings (SSSR count). The molecule has 0 aromatic heterocycles. The molecule has 1 saturated carbocycles. The molecule has 2 aromatic carbocycles. The lowest BCUT2D eigenvalue weighted by molar-refractivity contribution is 0.0156. The van der Waals surface area contributed by atoms with Crippen molar-refractivity contribution in [3.05, 3.63) is 42.0 Å². The number of likely N-dealkylation sites (N-methyl/N-ethyl adjacent to an activating group) is 1. The van der Waals surface area contributed by atoms with Crippen LogP contribution in [0.3, 0.4) is 0 Å². The molecule has 0 spiro atoms. The summed E-state index contributed by atoms with van der Waals surface area (Å²) in [7, 11) is 1.67. The fourth-order valence-electron chi connectivity index (χ4n) is 3.34. The minimum atomic E-state index is -0.781. The quantitative estimate of drug-likeness (QED) is 0.916. The van der Waals surface area contributed by atoms with Gasteiger partial charge in [0.2, 0.25) is 0 Å². The zero-order valence-electron chi connectivity index (χ0n) is 12.7. The van der Waals surface area contributed by atoms with E-state index in [1.54, 1.807) is 19.2 Å². The van der Waals surface area contributed by atoms with Gasteiger partial charge in [-0.2, -0.15) is 0 Å². The van der Waals surface area contributed by atoms with Gasteiger partial charge in [-0.1, -0.05) is 43.2 Å². The zero-order chi connectivity index (χ0) is 15.7. The third-order valence-electron chi connectivity index (χ3n) is 4.54. The smallest absolute Gasteiger partial charge is 0.257 e. The minimum absolute atomic E-state index is 0.00774. The Hall–Kier alpha value is -2.07. The lowest BCUT2D eigenvalue weighted by atomic mass is 10.0. The van der Waals surface area contributed by atoms with Gasteiger partial charge in [0.1, 0.15) is 5.75 Å². The van der Waals surface area contributed by atoms with Crippen LogP contribution >= 0.6 is 0 Å². The number of nitrogens with zero attached hydrogens (tertiary/aromatic N) is 1. The molecule has 1 aliphatic rings. The van der Waals surface area contributed by atoms with E-state index >= 15 is 0 Å². The Morgan fingerprint density at radius 1 is 1.18 bits per heavy atom. The van der Waals surface area contributed by atoms with E-state index in [0.29, 0.717) is 11.9 Å². The van der Waals surface area contributed by atoms with E-state index in [4.69, 9.17) is 0 Å². The van der Waals surface area contributed by atoms with Crippen molar-refractivity contribution in [3.63, 3.8) is 0 Å². The van der Waals surface area contributed by atoms with Crippen LogP contribution in [0, 0.1) is 0 Å². The number of phenols is 1. The van der Waals surface area contributed by atoms with Crippen LogP contribution in [0.4, 0.5) is 0 Å². The number of fused-ring (bicyclic) bond motifs is 1. The molecule has 0 bridgehead atoms. The number of hydrogen-bond donors (Lipinski definition) is 2. The highest BCUT2D eigenvalue weighted by Crippen LogP contribution is 2.32. The van der Waals surface area contributed by atoms with Crippen LogP contribution in [0.5, 0.6) is 5.75 Å². The molecule has 1 amide bonds. The molecule has 2 aromatic rings. The highest BCUT2D eigenvalue weighted by atomic mass is 16.3. The first-order valence-corrected chi connectivity index (χ1v) is 7.69. The number of aromatic hydroxyl groups is 1. The summed E-state index contributed by atoms with van der Waals surface area (Å²) in [5, 5.41) is 22.4. The van der Waals surface area contributed by atoms with Gasteiger partial charge in [0.25, 0.3) is 5.91 Å². The summed E-state index contributed by atoms with van der Waals surface area (Å²) >= 11 is 0. The molecule has 116 valence electrons. The Labute approximate surface area is 130 Å². The number of hydrogen-bond acceptors (Lipinski definition) is 3. The SMILES string of the molecule is CN(CC1(O)CCCC1)C(=O)c1ccc2ccccc2c1O. The van der Waals surface area contributed by atoms with Crippen molar-refractivity contribution < 1.29 is 15.0 Å². The van der Waals surface area contributed by atoms with Crippen LogP contribution in [0.1, 0.15) is 36.0 Å². The molecule has 22 heavy (non-hydrogen) atoms. The van der Waals surface area contributed by atoms with Gasteiger partial charge in [-0.3, -0.25) is 4.79 Å².